The van der Waals surface area contributed by atoms with Gasteiger partial charge in [0, 0.05) is 11.6 Å². The van der Waals surface area contributed by atoms with Gasteiger partial charge in [-0.1, -0.05) is 37.6 Å². The molecule has 0 spiro atoms. The first-order chi connectivity index (χ1) is 8.81. The summed E-state index contributed by atoms with van der Waals surface area (Å²) < 4.78 is 5.83. The molecular weight excluding hydrogens is 222 g/mol. The average molecular weight is 245 g/mol. The summed E-state index contributed by atoms with van der Waals surface area (Å²) in [4.78, 5) is 0. The molecule has 1 unspecified atom stereocenters. The molecule has 1 aromatic rings. The number of allylic oxidation sites excluding steroid dienone is 1. The number of ether oxygens (including phenoxy) is 1. The third kappa shape index (κ3) is 3.36. The van der Waals surface area contributed by atoms with Gasteiger partial charge in [0.2, 0.25) is 0 Å². The molecule has 0 bridgehead atoms. The monoisotopic (exact) mass is 245 g/mol. The number of hydrogen-bond donors (Lipinski definition) is 1. The van der Waals surface area contributed by atoms with Crippen LogP contribution >= 0.6 is 0 Å². The van der Waals surface area contributed by atoms with Gasteiger partial charge < -0.3 is 10.5 Å². The minimum absolute atomic E-state index is 0.196. The second-order valence-electron chi connectivity index (χ2n) is 4.95. The van der Waals surface area contributed by atoms with Crippen LogP contribution in [0.2, 0.25) is 0 Å². The molecule has 0 fully saturated rings. The van der Waals surface area contributed by atoms with E-state index in [4.69, 9.17) is 10.5 Å². The maximum atomic E-state index is 6.10. The van der Waals surface area contributed by atoms with Crippen molar-refractivity contribution < 1.29 is 4.74 Å². The van der Waals surface area contributed by atoms with E-state index in [9.17, 15) is 0 Å². The van der Waals surface area contributed by atoms with Gasteiger partial charge in [-0.3, -0.25) is 0 Å². The van der Waals surface area contributed by atoms with E-state index in [1.54, 1.807) is 0 Å². The Kier molecular flexibility index (Phi) is 4.82. The Morgan fingerprint density at radius 1 is 1.28 bits per heavy atom. The van der Waals surface area contributed by atoms with Crippen LogP contribution < -0.4 is 10.5 Å². The smallest absolute Gasteiger partial charge is 0.126 e. The summed E-state index contributed by atoms with van der Waals surface area (Å²) in [6, 6.07) is 8.51. The van der Waals surface area contributed by atoms with Crippen molar-refractivity contribution in [1.29, 1.82) is 0 Å². The van der Waals surface area contributed by atoms with Crippen LogP contribution in [0.25, 0.3) is 5.57 Å². The number of hydrogen-bond acceptors (Lipinski definition) is 2. The molecular formula is C16H23NO. The normalized spacial score (nSPS) is 20.1. The molecule has 98 valence electrons. The summed E-state index contributed by atoms with van der Waals surface area (Å²) in [5, 5.41) is 0. The van der Waals surface area contributed by atoms with E-state index in [0.717, 1.165) is 31.6 Å². The van der Waals surface area contributed by atoms with Crippen LogP contribution in [0.5, 0.6) is 5.75 Å². The van der Waals surface area contributed by atoms with Gasteiger partial charge in [-0.25, -0.2) is 0 Å². The van der Waals surface area contributed by atoms with Crippen molar-refractivity contribution in [3.63, 3.8) is 0 Å². The SMILES string of the molecule is CCCOc1ccccc1C1=CC(N)CCCC1. The summed E-state index contributed by atoms with van der Waals surface area (Å²) in [7, 11) is 0. The Morgan fingerprint density at radius 2 is 2.11 bits per heavy atom. The maximum absolute atomic E-state index is 6.10. The minimum atomic E-state index is 0.196. The fourth-order valence-corrected chi connectivity index (χ4v) is 2.41. The average Bonchev–Trinajstić information content (AvgIpc) is 2.61. The maximum Gasteiger partial charge on any atom is 0.126 e. The van der Waals surface area contributed by atoms with Gasteiger partial charge in [0.25, 0.3) is 0 Å². The Bertz CT molecular complexity index is 411. The molecule has 0 saturated heterocycles. The van der Waals surface area contributed by atoms with Crippen LogP contribution in [0.15, 0.2) is 30.3 Å². The van der Waals surface area contributed by atoms with Crippen LogP contribution in [-0.2, 0) is 0 Å². The lowest BCUT2D eigenvalue weighted by molar-refractivity contribution is 0.316. The van der Waals surface area contributed by atoms with E-state index in [1.165, 1.54) is 24.0 Å². The molecule has 1 aliphatic rings. The molecule has 2 rings (SSSR count). The molecule has 1 atom stereocenters. The van der Waals surface area contributed by atoms with E-state index in [-0.39, 0.29) is 6.04 Å². The zero-order chi connectivity index (χ0) is 12.8. The zero-order valence-electron chi connectivity index (χ0n) is 11.2. The molecule has 2 N–H and O–H groups in total. The fraction of sp³-hybridized carbons (Fsp3) is 0.500. The van der Waals surface area contributed by atoms with Crippen molar-refractivity contribution in [3.8, 4) is 5.75 Å². The van der Waals surface area contributed by atoms with Crippen LogP contribution in [0.1, 0.15) is 44.6 Å². The number of benzene rings is 1. The summed E-state index contributed by atoms with van der Waals surface area (Å²) in [6.45, 7) is 2.90. The van der Waals surface area contributed by atoms with Gasteiger partial charge in [0.1, 0.15) is 5.75 Å². The van der Waals surface area contributed by atoms with E-state index < -0.39 is 0 Å². The van der Waals surface area contributed by atoms with Crippen molar-refractivity contribution in [2.24, 2.45) is 5.73 Å². The van der Waals surface area contributed by atoms with Gasteiger partial charge >= 0.3 is 0 Å². The largest absolute Gasteiger partial charge is 0.493 e. The molecule has 2 nitrogen and oxygen atoms in total. The van der Waals surface area contributed by atoms with Crippen molar-refractivity contribution >= 4 is 5.57 Å². The van der Waals surface area contributed by atoms with Gasteiger partial charge in [-0.15, -0.1) is 0 Å². The molecule has 1 aliphatic carbocycles. The molecule has 0 aliphatic heterocycles. The lowest BCUT2D eigenvalue weighted by Crippen LogP contribution is -2.15. The third-order valence-electron chi connectivity index (χ3n) is 3.34. The van der Waals surface area contributed by atoms with Crippen molar-refractivity contribution in [3.05, 3.63) is 35.9 Å². The van der Waals surface area contributed by atoms with Crippen LogP contribution in [-0.4, -0.2) is 12.6 Å². The lowest BCUT2D eigenvalue weighted by atomic mass is 10.00. The summed E-state index contributed by atoms with van der Waals surface area (Å²) in [6.07, 6.45) is 7.91. The fourth-order valence-electron chi connectivity index (χ4n) is 2.41. The minimum Gasteiger partial charge on any atom is -0.493 e. The molecule has 2 heteroatoms. The quantitative estimate of drug-likeness (QED) is 0.876. The number of rotatable bonds is 4. The van der Waals surface area contributed by atoms with Gasteiger partial charge in [-0.2, -0.15) is 0 Å². The molecule has 1 aromatic carbocycles. The van der Waals surface area contributed by atoms with Gasteiger partial charge in [0.15, 0.2) is 0 Å². The number of nitrogens with two attached hydrogens (primary N) is 1. The predicted molar refractivity (Wildman–Crippen MR) is 76.6 cm³/mol. The summed E-state index contributed by atoms with van der Waals surface area (Å²) in [5.74, 6) is 1.000. The molecule has 0 aromatic heterocycles. The standard InChI is InChI=1S/C16H23NO/c1-2-11-18-16-10-6-5-9-15(16)13-7-3-4-8-14(17)12-13/h5-6,9-10,12,14H,2-4,7-8,11,17H2,1H3. The molecule has 0 saturated carbocycles. The highest BCUT2D eigenvalue weighted by molar-refractivity contribution is 5.71. The molecule has 0 heterocycles. The number of para-hydroxylation sites is 1. The van der Waals surface area contributed by atoms with E-state index in [1.807, 2.05) is 6.07 Å². The topological polar surface area (TPSA) is 35.2 Å². The van der Waals surface area contributed by atoms with Crippen LogP contribution in [0.3, 0.4) is 0 Å². The van der Waals surface area contributed by atoms with Gasteiger partial charge in [-0.05, 0) is 37.3 Å². The van der Waals surface area contributed by atoms with E-state index in [2.05, 4.69) is 31.2 Å². The van der Waals surface area contributed by atoms with Crippen molar-refractivity contribution in [2.45, 2.75) is 45.1 Å². The van der Waals surface area contributed by atoms with E-state index >= 15 is 0 Å². The Balaban J connectivity index is 2.25. The second kappa shape index (κ2) is 6.60. The summed E-state index contributed by atoms with van der Waals surface area (Å²) in [5.41, 5.74) is 8.67. The highest BCUT2D eigenvalue weighted by atomic mass is 16.5. The van der Waals surface area contributed by atoms with Crippen molar-refractivity contribution in [1.82, 2.24) is 0 Å². The molecule has 18 heavy (non-hydrogen) atoms. The first-order valence-corrected chi connectivity index (χ1v) is 6.99. The predicted octanol–water partition coefficient (Wildman–Crippen LogP) is 3.76. The van der Waals surface area contributed by atoms with Crippen LogP contribution in [0.4, 0.5) is 0 Å². The third-order valence-corrected chi connectivity index (χ3v) is 3.34. The van der Waals surface area contributed by atoms with Crippen molar-refractivity contribution in [2.75, 3.05) is 6.61 Å². The van der Waals surface area contributed by atoms with Gasteiger partial charge in [0.05, 0.1) is 6.61 Å². The highest BCUT2D eigenvalue weighted by Gasteiger charge is 2.13. The Labute approximate surface area is 110 Å². The Morgan fingerprint density at radius 3 is 2.94 bits per heavy atom. The van der Waals surface area contributed by atoms with Crippen LogP contribution in [0, 0.1) is 0 Å². The van der Waals surface area contributed by atoms with E-state index in [0.29, 0.717) is 0 Å². The lowest BCUT2D eigenvalue weighted by Gasteiger charge is -2.13. The first-order valence-electron chi connectivity index (χ1n) is 6.99. The zero-order valence-corrected chi connectivity index (χ0v) is 11.2. The second-order valence-corrected chi connectivity index (χ2v) is 4.95. The summed E-state index contributed by atoms with van der Waals surface area (Å²) >= 11 is 0. The Hall–Kier alpha value is -1.28. The first kappa shape index (κ1) is 13.2. The molecule has 0 radical (unpaired) electrons. The highest BCUT2D eigenvalue weighted by Crippen LogP contribution is 2.32. The molecule has 0 amide bonds.